The van der Waals surface area contributed by atoms with E-state index >= 15 is 0 Å². The maximum absolute atomic E-state index is 12.4. The Balaban J connectivity index is 2.29. The number of hydrazine groups is 1. The molecular weight excluding hydrogens is 292 g/mol. The molecule has 3 rings (SSSR count). The molecule has 0 atom stereocenters. The first-order chi connectivity index (χ1) is 10.4. The zero-order valence-electron chi connectivity index (χ0n) is 10.9. The van der Waals surface area contributed by atoms with Gasteiger partial charge in [-0.25, -0.2) is 10.1 Å². The number of hydrogen-bond acceptors (Lipinski definition) is 6. The summed E-state index contributed by atoms with van der Waals surface area (Å²) in [5.74, 6) is -2.93. The number of nitrogens with zero attached hydrogens (tertiary/aromatic N) is 1. The third-order valence-corrected chi connectivity index (χ3v) is 3.37. The summed E-state index contributed by atoms with van der Waals surface area (Å²) >= 11 is 0. The molecule has 0 bridgehead atoms. The van der Waals surface area contributed by atoms with Crippen molar-refractivity contribution in [1.82, 2.24) is 0 Å². The van der Waals surface area contributed by atoms with Crippen molar-refractivity contribution in [3.8, 4) is 11.5 Å². The fourth-order valence-electron chi connectivity index (χ4n) is 2.41. The molecule has 0 saturated heterocycles. The van der Waals surface area contributed by atoms with E-state index in [2.05, 4.69) is 0 Å². The zero-order valence-corrected chi connectivity index (χ0v) is 10.9. The standard InChI is InChI=1S/C14H8N2O6/c17-11-6-3-1-2-4-7(6)12(18)10-8(11)5-9(15-16(21)22)13(19)14(10)20/h1-5,15,19-20H. The number of rotatable bonds is 2. The molecule has 110 valence electrons. The van der Waals surface area contributed by atoms with Crippen molar-refractivity contribution in [3.05, 3.63) is 62.7 Å². The monoisotopic (exact) mass is 300 g/mol. The lowest BCUT2D eigenvalue weighted by Crippen LogP contribution is -2.21. The molecule has 22 heavy (non-hydrogen) atoms. The molecule has 0 radical (unpaired) electrons. The van der Waals surface area contributed by atoms with Gasteiger partial charge >= 0.3 is 0 Å². The lowest BCUT2D eigenvalue weighted by molar-refractivity contribution is -0.445. The van der Waals surface area contributed by atoms with E-state index in [0.29, 0.717) is 0 Å². The molecule has 0 spiro atoms. The number of phenolic OH excluding ortho intramolecular Hbond substituents is 2. The summed E-state index contributed by atoms with van der Waals surface area (Å²) in [5, 5.41) is 29.3. The van der Waals surface area contributed by atoms with E-state index in [4.69, 9.17) is 0 Å². The zero-order chi connectivity index (χ0) is 16.0. The first-order valence-electron chi connectivity index (χ1n) is 6.10. The van der Waals surface area contributed by atoms with E-state index in [-0.39, 0.29) is 22.3 Å². The van der Waals surface area contributed by atoms with Crippen LogP contribution in [0.3, 0.4) is 0 Å². The van der Waals surface area contributed by atoms with Gasteiger partial charge in [-0.15, -0.1) is 5.43 Å². The second-order valence-electron chi connectivity index (χ2n) is 4.62. The molecule has 0 aromatic heterocycles. The molecule has 3 N–H and O–H groups in total. The van der Waals surface area contributed by atoms with E-state index < -0.39 is 33.8 Å². The fourth-order valence-corrected chi connectivity index (χ4v) is 2.41. The summed E-state index contributed by atoms with van der Waals surface area (Å²) < 4.78 is 0. The number of nitrogens with one attached hydrogen (secondary N) is 1. The molecule has 0 heterocycles. The quantitative estimate of drug-likeness (QED) is 0.371. The van der Waals surface area contributed by atoms with Gasteiger partial charge in [-0.2, -0.15) is 0 Å². The van der Waals surface area contributed by atoms with E-state index in [9.17, 15) is 29.9 Å². The minimum atomic E-state index is -0.954. The Labute approximate surface area is 122 Å². The van der Waals surface area contributed by atoms with Crippen LogP contribution in [0.15, 0.2) is 30.3 Å². The molecular formula is C14H8N2O6. The Morgan fingerprint density at radius 1 is 0.955 bits per heavy atom. The van der Waals surface area contributed by atoms with Crippen molar-refractivity contribution in [1.29, 1.82) is 0 Å². The Morgan fingerprint density at radius 3 is 2.14 bits per heavy atom. The summed E-state index contributed by atoms with van der Waals surface area (Å²) in [6.45, 7) is 0. The number of nitro groups is 1. The van der Waals surface area contributed by atoms with Crippen LogP contribution in [0, 0.1) is 10.1 Å². The number of carbonyl (C=O) groups excluding carboxylic acids is 2. The molecule has 0 saturated carbocycles. The average molecular weight is 300 g/mol. The lowest BCUT2D eigenvalue weighted by atomic mass is 9.83. The van der Waals surface area contributed by atoms with E-state index in [0.717, 1.165) is 6.07 Å². The predicted molar refractivity (Wildman–Crippen MR) is 73.7 cm³/mol. The van der Waals surface area contributed by atoms with Crippen LogP contribution in [0.4, 0.5) is 5.69 Å². The molecule has 8 nitrogen and oxygen atoms in total. The number of anilines is 1. The highest BCUT2D eigenvalue weighted by atomic mass is 16.7. The van der Waals surface area contributed by atoms with Crippen LogP contribution in [0.25, 0.3) is 0 Å². The number of fused-ring (bicyclic) bond motifs is 2. The van der Waals surface area contributed by atoms with Crippen molar-refractivity contribution in [2.75, 3.05) is 5.43 Å². The van der Waals surface area contributed by atoms with Gasteiger partial charge in [0, 0.05) is 16.7 Å². The van der Waals surface area contributed by atoms with Gasteiger partial charge in [-0.1, -0.05) is 24.3 Å². The molecule has 2 aromatic rings. The number of aromatic hydroxyl groups is 2. The van der Waals surface area contributed by atoms with Crippen molar-refractivity contribution < 1.29 is 24.8 Å². The largest absolute Gasteiger partial charge is 0.504 e. The number of carbonyl (C=O) groups is 2. The van der Waals surface area contributed by atoms with Crippen molar-refractivity contribution in [2.24, 2.45) is 0 Å². The molecule has 1 aliphatic carbocycles. The highest BCUT2D eigenvalue weighted by Gasteiger charge is 2.34. The van der Waals surface area contributed by atoms with Crippen LogP contribution in [0.1, 0.15) is 31.8 Å². The summed E-state index contributed by atoms with van der Waals surface area (Å²) in [6, 6.07) is 6.99. The number of benzene rings is 2. The van der Waals surface area contributed by atoms with Gasteiger partial charge in [0.2, 0.25) is 0 Å². The Morgan fingerprint density at radius 2 is 1.55 bits per heavy atom. The first kappa shape index (κ1) is 13.6. The highest BCUT2D eigenvalue weighted by molar-refractivity contribution is 6.29. The maximum atomic E-state index is 12.4. The topological polar surface area (TPSA) is 130 Å². The SMILES string of the molecule is O=C1c2ccccc2C(=O)c2c1cc(N[N+](=O)[O-])c(O)c2O. The Kier molecular flexibility index (Phi) is 2.81. The van der Waals surface area contributed by atoms with Gasteiger partial charge in [0.25, 0.3) is 0 Å². The first-order valence-corrected chi connectivity index (χ1v) is 6.10. The van der Waals surface area contributed by atoms with Gasteiger partial charge in [0.1, 0.15) is 5.69 Å². The van der Waals surface area contributed by atoms with Crippen molar-refractivity contribution >= 4 is 17.3 Å². The van der Waals surface area contributed by atoms with Crippen LogP contribution >= 0.6 is 0 Å². The molecule has 0 aliphatic heterocycles. The second-order valence-corrected chi connectivity index (χ2v) is 4.62. The molecule has 0 unspecified atom stereocenters. The van der Waals surface area contributed by atoms with Crippen LogP contribution in [0.2, 0.25) is 0 Å². The highest BCUT2D eigenvalue weighted by Crippen LogP contribution is 2.42. The smallest absolute Gasteiger partial charge is 0.198 e. The summed E-state index contributed by atoms with van der Waals surface area (Å²) in [5.41, 5.74) is 0.868. The number of phenols is 2. The third-order valence-electron chi connectivity index (χ3n) is 3.37. The number of ketones is 2. The Bertz CT molecular complexity index is 859. The van der Waals surface area contributed by atoms with Crippen LogP contribution < -0.4 is 5.43 Å². The van der Waals surface area contributed by atoms with Crippen molar-refractivity contribution in [2.45, 2.75) is 0 Å². The fraction of sp³-hybridized carbons (Fsp3) is 0. The van der Waals surface area contributed by atoms with Gasteiger partial charge in [0.15, 0.2) is 28.1 Å². The lowest BCUT2D eigenvalue weighted by Gasteiger charge is -2.19. The molecule has 8 heteroatoms. The third kappa shape index (κ3) is 1.78. The average Bonchev–Trinajstić information content (AvgIpc) is 2.49. The van der Waals surface area contributed by atoms with Crippen molar-refractivity contribution in [3.63, 3.8) is 0 Å². The van der Waals surface area contributed by atoms with Crippen LogP contribution in [0.5, 0.6) is 11.5 Å². The van der Waals surface area contributed by atoms with Gasteiger partial charge in [0.05, 0.1) is 5.56 Å². The van der Waals surface area contributed by atoms with E-state index in [1.165, 1.54) is 12.1 Å². The maximum Gasteiger partial charge on any atom is 0.198 e. The normalized spacial score (nSPS) is 12.5. The molecule has 2 aromatic carbocycles. The minimum Gasteiger partial charge on any atom is -0.504 e. The van der Waals surface area contributed by atoms with E-state index in [1.807, 2.05) is 0 Å². The summed E-state index contributed by atoms with van der Waals surface area (Å²) in [4.78, 5) is 35.3. The molecule has 0 amide bonds. The Hall–Kier alpha value is -3.42. The van der Waals surface area contributed by atoms with Gasteiger partial charge in [-0.05, 0) is 6.07 Å². The van der Waals surface area contributed by atoms with Gasteiger partial charge < -0.3 is 10.2 Å². The predicted octanol–water partition coefficient (Wildman–Crippen LogP) is 1.48. The van der Waals surface area contributed by atoms with E-state index in [1.54, 1.807) is 17.6 Å². The minimum absolute atomic E-state index is 0.102. The summed E-state index contributed by atoms with van der Waals surface area (Å²) in [6.07, 6.45) is 0. The second kappa shape index (κ2) is 4.55. The molecule has 1 aliphatic rings. The summed E-state index contributed by atoms with van der Waals surface area (Å²) in [7, 11) is 0. The number of hydrogen-bond donors (Lipinski definition) is 3. The molecule has 0 fully saturated rings. The van der Waals surface area contributed by atoms with Gasteiger partial charge in [-0.3, -0.25) is 9.59 Å². The van der Waals surface area contributed by atoms with Crippen LogP contribution in [-0.4, -0.2) is 26.8 Å². The van der Waals surface area contributed by atoms with Crippen LogP contribution in [-0.2, 0) is 0 Å².